The molecule has 0 unspecified atom stereocenters. The second-order valence-electron chi connectivity index (χ2n) is 5.64. The van der Waals surface area contributed by atoms with Gasteiger partial charge in [0, 0.05) is 26.1 Å². The van der Waals surface area contributed by atoms with E-state index in [4.69, 9.17) is 0 Å². The van der Waals surface area contributed by atoms with E-state index in [1.165, 1.54) is 16.3 Å². The van der Waals surface area contributed by atoms with Gasteiger partial charge in [-0.1, -0.05) is 6.07 Å². The van der Waals surface area contributed by atoms with E-state index in [0.717, 1.165) is 24.8 Å². The molecule has 6 heteroatoms. The highest BCUT2D eigenvalue weighted by Crippen LogP contribution is 2.25. The molecule has 1 fully saturated rings. The summed E-state index contributed by atoms with van der Waals surface area (Å²) in [7, 11) is -3.50. The number of fused-ring (bicyclic) bond motifs is 1. The van der Waals surface area contributed by atoms with Gasteiger partial charge in [0.25, 0.3) is 0 Å². The summed E-state index contributed by atoms with van der Waals surface area (Å²) in [4.78, 5) is 11.7. The zero-order chi connectivity index (χ0) is 14.9. The van der Waals surface area contributed by atoms with Gasteiger partial charge in [0.2, 0.25) is 15.9 Å². The van der Waals surface area contributed by atoms with Gasteiger partial charge >= 0.3 is 0 Å². The summed E-state index contributed by atoms with van der Waals surface area (Å²) in [5.41, 5.74) is 2.43. The van der Waals surface area contributed by atoms with Crippen molar-refractivity contribution in [2.24, 2.45) is 0 Å². The molecular weight excluding hydrogens is 288 g/mol. The van der Waals surface area contributed by atoms with Gasteiger partial charge in [-0.25, -0.2) is 8.42 Å². The van der Waals surface area contributed by atoms with E-state index < -0.39 is 10.0 Å². The molecule has 0 spiro atoms. The Morgan fingerprint density at radius 2 is 1.76 bits per heavy atom. The molecule has 5 nitrogen and oxygen atoms in total. The van der Waals surface area contributed by atoms with Gasteiger partial charge in [-0.05, 0) is 48.9 Å². The van der Waals surface area contributed by atoms with Crippen molar-refractivity contribution >= 4 is 15.9 Å². The summed E-state index contributed by atoms with van der Waals surface area (Å²) in [5.74, 6) is -0.0851. The van der Waals surface area contributed by atoms with E-state index in [1.54, 1.807) is 6.07 Å². The first-order valence-corrected chi connectivity index (χ1v) is 8.90. The third-order valence-corrected chi connectivity index (χ3v) is 6.12. The van der Waals surface area contributed by atoms with E-state index in [1.807, 2.05) is 12.1 Å². The third-order valence-electron chi connectivity index (χ3n) is 4.23. The predicted molar refractivity (Wildman–Crippen MR) is 79.5 cm³/mol. The summed E-state index contributed by atoms with van der Waals surface area (Å²) in [6, 6.07) is 5.48. The quantitative estimate of drug-likeness (QED) is 0.889. The monoisotopic (exact) mass is 308 g/mol. The van der Waals surface area contributed by atoms with E-state index in [2.05, 4.69) is 5.32 Å². The molecule has 0 aromatic heterocycles. The molecule has 1 aliphatic heterocycles. The van der Waals surface area contributed by atoms with Crippen LogP contribution in [0.25, 0.3) is 0 Å². The van der Waals surface area contributed by atoms with E-state index >= 15 is 0 Å². The van der Waals surface area contributed by atoms with Crippen LogP contribution in [-0.4, -0.2) is 38.3 Å². The molecule has 1 saturated heterocycles. The van der Waals surface area contributed by atoms with Gasteiger partial charge in [-0.3, -0.25) is 4.79 Å². The minimum absolute atomic E-state index is 0.0851. The fourth-order valence-corrected chi connectivity index (χ4v) is 4.50. The Hall–Kier alpha value is -1.40. The lowest BCUT2D eigenvalue weighted by molar-refractivity contribution is -0.120. The van der Waals surface area contributed by atoms with Crippen molar-refractivity contribution in [2.45, 2.75) is 37.0 Å². The normalized spacial score (nSPS) is 20.5. The second-order valence-corrected chi connectivity index (χ2v) is 7.58. The van der Waals surface area contributed by atoms with E-state index in [-0.39, 0.29) is 18.9 Å². The second kappa shape index (κ2) is 5.77. The highest BCUT2D eigenvalue weighted by atomic mass is 32.2. The van der Waals surface area contributed by atoms with Crippen molar-refractivity contribution in [1.82, 2.24) is 9.62 Å². The van der Waals surface area contributed by atoms with Crippen molar-refractivity contribution in [3.05, 3.63) is 29.3 Å². The number of rotatable bonds is 2. The molecule has 1 aliphatic carbocycles. The molecule has 114 valence electrons. The predicted octanol–water partition coefficient (Wildman–Crippen LogP) is 1.08. The first-order chi connectivity index (χ1) is 10.1. The molecule has 0 saturated carbocycles. The zero-order valence-corrected chi connectivity index (χ0v) is 12.8. The molecule has 0 atom stereocenters. The molecule has 3 rings (SSSR count). The maximum absolute atomic E-state index is 12.7. The summed E-state index contributed by atoms with van der Waals surface area (Å²) >= 11 is 0. The summed E-state index contributed by atoms with van der Waals surface area (Å²) < 4.78 is 26.9. The van der Waals surface area contributed by atoms with Crippen LogP contribution in [0.3, 0.4) is 0 Å². The van der Waals surface area contributed by atoms with Crippen LogP contribution in [0.2, 0.25) is 0 Å². The molecule has 1 N–H and O–H groups in total. The standard InChI is InChI=1S/C15H20N2O3S/c18-15-7-9-17(10-8-16-15)21(19,20)14-6-5-12-3-1-2-4-13(12)11-14/h5-6,11H,1-4,7-10H2,(H,16,18). The molecular formula is C15H20N2O3S. The van der Waals surface area contributed by atoms with Gasteiger partial charge in [-0.2, -0.15) is 4.31 Å². The minimum Gasteiger partial charge on any atom is -0.355 e. The van der Waals surface area contributed by atoms with Crippen LogP contribution in [0, 0.1) is 0 Å². The van der Waals surface area contributed by atoms with Crippen LogP contribution in [-0.2, 0) is 27.7 Å². The smallest absolute Gasteiger partial charge is 0.243 e. The Morgan fingerprint density at radius 1 is 1.00 bits per heavy atom. The number of carbonyl (C=O) groups excluding carboxylic acids is 1. The Balaban J connectivity index is 1.89. The summed E-state index contributed by atoms with van der Waals surface area (Å²) in [5, 5.41) is 2.70. The number of nitrogens with one attached hydrogen (secondary N) is 1. The minimum atomic E-state index is -3.50. The molecule has 0 radical (unpaired) electrons. The number of nitrogens with zero attached hydrogens (tertiary/aromatic N) is 1. The Bertz CT molecular complexity index is 655. The molecule has 0 bridgehead atoms. The van der Waals surface area contributed by atoms with Crippen molar-refractivity contribution in [3.8, 4) is 0 Å². The maximum Gasteiger partial charge on any atom is 0.243 e. The molecule has 1 aromatic rings. The van der Waals surface area contributed by atoms with Crippen molar-refractivity contribution in [3.63, 3.8) is 0 Å². The number of hydrogen-bond donors (Lipinski definition) is 1. The largest absolute Gasteiger partial charge is 0.355 e. The Kier molecular flexibility index (Phi) is 3.99. The van der Waals surface area contributed by atoms with Crippen molar-refractivity contribution in [2.75, 3.05) is 19.6 Å². The fourth-order valence-electron chi connectivity index (χ4n) is 3.01. The molecule has 1 aromatic carbocycles. The average Bonchev–Trinajstić information content (AvgIpc) is 2.72. The first-order valence-electron chi connectivity index (χ1n) is 7.46. The lowest BCUT2D eigenvalue weighted by Gasteiger charge is -2.21. The molecule has 21 heavy (non-hydrogen) atoms. The van der Waals surface area contributed by atoms with E-state index in [0.29, 0.717) is 18.0 Å². The number of hydrogen-bond acceptors (Lipinski definition) is 3. The topological polar surface area (TPSA) is 66.5 Å². The van der Waals surface area contributed by atoms with Crippen LogP contribution >= 0.6 is 0 Å². The Morgan fingerprint density at radius 3 is 2.57 bits per heavy atom. The number of amides is 1. The first kappa shape index (κ1) is 14.5. The molecule has 2 aliphatic rings. The number of carbonyl (C=O) groups is 1. The van der Waals surface area contributed by atoms with Crippen LogP contribution in [0.5, 0.6) is 0 Å². The summed E-state index contributed by atoms with van der Waals surface area (Å²) in [6.07, 6.45) is 4.53. The fraction of sp³-hybridized carbons (Fsp3) is 0.533. The number of benzene rings is 1. The lowest BCUT2D eigenvalue weighted by Crippen LogP contribution is -2.34. The zero-order valence-electron chi connectivity index (χ0n) is 12.0. The highest BCUT2D eigenvalue weighted by molar-refractivity contribution is 7.89. The van der Waals surface area contributed by atoms with Gasteiger partial charge in [0.05, 0.1) is 4.90 Å². The van der Waals surface area contributed by atoms with E-state index in [9.17, 15) is 13.2 Å². The molecule has 1 amide bonds. The summed E-state index contributed by atoms with van der Waals surface area (Å²) in [6.45, 7) is 0.972. The Labute approximate surface area is 125 Å². The highest BCUT2D eigenvalue weighted by Gasteiger charge is 2.27. The van der Waals surface area contributed by atoms with Crippen LogP contribution in [0.4, 0.5) is 0 Å². The molecule has 1 heterocycles. The van der Waals surface area contributed by atoms with Gasteiger partial charge in [0.1, 0.15) is 0 Å². The third kappa shape index (κ3) is 2.96. The van der Waals surface area contributed by atoms with Crippen LogP contribution < -0.4 is 5.32 Å². The van der Waals surface area contributed by atoms with Gasteiger partial charge < -0.3 is 5.32 Å². The average molecular weight is 308 g/mol. The SMILES string of the molecule is O=C1CCN(S(=O)(=O)c2ccc3c(c2)CCCC3)CCN1. The van der Waals surface area contributed by atoms with Crippen LogP contribution in [0.1, 0.15) is 30.4 Å². The maximum atomic E-state index is 12.7. The van der Waals surface area contributed by atoms with Crippen LogP contribution in [0.15, 0.2) is 23.1 Å². The van der Waals surface area contributed by atoms with Gasteiger partial charge in [-0.15, -0.1) is 0 Å². The number of aryl methyl sites for hydroxylation is 2. The lowest BCUT2D eigenvalue weighted by atomic mass is 9.92. The van der Waals surface area contributed by atoms with Gasteiger partial charge in [0.15, 0.2) is 0 Å². The van der Waals surface area contributed by atoms with Crippen molar-refractivity contribution < 1.29 is 13.2 Å². The number of sulfonamides is 1. The van der Waals surface area contributed by atoms with Crippen molar-refractivity contribution in [1.29, 1.82) is 0 Å².